The Kier molecular flexibility index (Phi) is 5.52. The van der Waals surface area contributed by atoms with E-state index in [0.717, 1.165) is 43.5 Å². The van der Waals surface area contributed by atoms with Crippen molar-refractivity contribution >= 4 is 0 Å². The van der Waals surface area contributed by atoms with Gasteiger partial charge < -0.3 is 14.8 Å². The lowest BCUT2D eigenvalue weighted by Crippen LogP contribution is -2.17. The normalized spacial score (nSPS) is 14.4. The maximum atomic E-state index is 5.80. The molecule has 1 fully saturated rings. The number of methoxy groups -OCH3 is 1. The predicted octanol–water partition coefficient (Wildman–Crippen LogP) is 3.17. The molecule has 1 N–H and O–H groups in total. The first-order valence-corrected chi connectivity index (χ1v) is 7.36. The van der Waals surface area contributed by atoms with E-state index in [1.165, 1.54) is 24.8 Å². The van der Waals surface area contributed by atoms with Crippen LogP contribution in [-0.2, 0) is 6.42 Å². The Bertz CT molecular complexity index is 388. The van der Waals surface area contributed by atoms with Gasteiger partial charge in [0, 0.05) is 6.04 Å². The molecule has 0 aromatic heterocycles. The topological polar surface area (TPSA) is 30.5 Å². The van der Waals surface area contributed by atoms with Crippen molar-refractivity contribution in [1.29, 1.82) is 0 Å². The minimum atomic E-state index is 0.758. The maximum Gasteiger partial charge on any atom is 0.161 e. The van der Waals surface area contributed by atoms with Crippen molar-refractivity contribution in [3.05, 3.63) is 23.8 Å². The van der Waals surface area contributed by atoms with Crippen LogP contribution in [0.15, 0.2) is 18.2 Å². The molecule has 0 radical (unpaired) electrons. The van der Waals surface area contributed by atoms with Crippen molar-refractivity contribution in [2.24, 2.45) is 0 Å². The zero-order valence-electron chi connectivity index (χ0n) is 12.1. The molecule has 3 nitrogen and oxygen atoms in total. The number of ether oxygens (including phenoxy) is 2. The van der Waals surface area contributed by atoms with E-state index in [0.29, 0.717) is 0 Å². The zero-order valence-corrected chi connectivity index (χ0v) is 12.1. The van der Waals surface area contributed by atoms with Gasteiger partial charge in [0.2, 0.25) is 0 Å². The standard InChI is InChI=1S/C16H25NO2/c1-3-13-6-9-15(16(12-13)18-2)19-11-5-4-10-17-14-7-8-14/h6,9,12,14,17H,3-5,7-8,10-11H2,1-2H3. The predicted molar refractivity (Wildman–Crippen MR) is 78.1 cm³/mol. The third-order valence-corrected chi connectivity index (χ3v) is 3.48. The van der Waals surface area contributed by atoms with E-state index >= 15 is 0 Å². The Morgan fingerprint density at radius 3 is 2.74 bits per heavy atom. The number of hydrogen-bond acceptors (Lipinski definition) is 3. The Hall–Kier alpha value is -1.22. The number of rotatable bonds is 9. The van der Waals surface area contributed by atoms with E-state index in [4.69, 9.17) is 9.47 Å². The highest BCUT2D eigenvalue weighted by Gasteiger charge is 2.19. The van der Waals surface area contributed by atoms with Crippen molar-refractivity contribution < 1.29 is 9.47 Å². The van der Waals surface area contributed by atoms with Crippen LogP contribution in [0.4, 0.5) is 0 Å². The molecule has 19 heavy (non-hydrogen) atoms. The van der Waals surface area contributed by atoms with Gasteiger partial charge in [0.25, 0.3) is 0 Å². The molecule has 1 saturated carbocycles. The highest BCUT2D eigenvalue weighted by atomic mass is 16.5. The molecule has 3 heteroatoms. The van der Waals surface area contributed by atoms with E-state index in [2.05, 4.69) is 24.4 Å². The Labute approximate surface area is 116 Å². The van der Waals surface area contributed by atoms with Gasteiger partial charge in [-0.15, -0.1) is 0 Å². The second-order valence-electron chi connectivity index (χ2n) is 5.12. The van der Waals surface area contributed by atoms with Crippen LogP contribution in [0.25, 0.3) is 0 Å². The average molecular weight is 263 g/mol. The number of aryl methyl sites for hydroxylation is 1. The largest absolute Gasteiger partial charge is 0.493 e. The fraction of sp³-hybridized carbons (Fsp3) is 0.625. The average Bonchev–Trinajstić information content (AvgIpc) is 3.26. The summed E-state index contributed by atoms with van der Waals surface area (Å²) in [5.74, 6) is 1.70. The summed E-state index contributed by atoms with van der Waals surface area (Å²) < 4.78 is 11.2. The third kappa shape index (κ3) is 4.75. The van der Waals surface area contributed by atoms with Gasteiger partial charge in [-0.3, -0.25) is 0 Å². The number of nitrogens with one attached hydrogen (secondary N) is 1. The maximum absolute atomic E-state index is 5.80. The molecule has 1 aromatic rings. The molecular weight excluding hydrogens is 238 g/mol. The van der Waals surface area contributed by atoms with Crippen LogP contribution in [-0.4, -0.2) is 26.3 Å². The van der Waals surface area contributed by atoms with Crippen molar-refractivity contribution in [2.45, 2.75) is 45.1 Å². The van der Waals surface area contributed by atoms with Crippen LogP contribution in [0.3, 0.4) is 0 Å². The number of benzene rings is 1. The summed E-state index contributed by atoms with van der Waals surface area (Å²) in [7, 11) is 1.70. The molecule has 0 atom stereocenters. The van der Waals surface area contributed by atoms with Crippen LogP contribution < -0.4 is 14.8 Å². The smallest absolute Gasteiger partial charge is 0.161 e. The summed E-state index contributed by atoms with van der Waals surface area (Å²) in [6.07, 6.45) is 5.99. The van der Waals surface area contributed by atoms with Crippen LogP contribution >= 0.6 is 0 Å². The molecule has 1 aromatic carbocycles. The van der Waals surface area contributed by atoms with Gasteiger partial charge in [0.1, 0.15) is 0 Å². The second-order valence-corrected chi connectivity index (χ2v) is 5.12. The number of hydrogen-bond donors (Lipinski definition) is 1. The summed E-state index contributed by atoms with van der Waals surface area (Å²) in [4.78, 5) is 0. The molecule has 0 saturated heterocycles. The Balaban J connectivity index is 1.68. The fourth-order valence-corrected chi connectivity index (χ4v) is 2.05. The summed E-state index contributed by atoms with van der Waals surface area (Å²) in [5, 5.41) is 3.51. The SMILES string of the molecule is CCc1ccc(OCCCCNC2CC2)c(OC)c1. The monoisotopic (exact) mass is 263 g/mol. The van der Waals surface area contributed by atoms with Crippen LogP contribution in [0.1, 0.15) is 38.2 Å². The van der Waals surface area contributed by atoms with E-state index in [1.54, 1.807) is 7.11 Å². The fourth-order valence-electron chi connectivity index (χ4n) is 2.05. The molecule has 0 aliphatic heterocycles. The molecule has 0 bridgehead atoms. The summed E-state index contributed by atoms with van der Waals surface area (Å²) in [6, 6.07) is 6.99. The van der Waals surface area contributed by atoms with E-state index in [9.17, 15) is 0 Å². The highest BCUT2D eigenvalue weighted by molar-refractivity contribution is 5.42. The first-order chi connectivity index (χ1) is 9.33. The quantitative estimate of drug-likeness (QED) is 0.694. The van der Waals surface area contributed by atoms with Gasteiger partial charge in [0.15, 0.2) is 11.5 Å². The molecule has 0 spiro atoms. The van der Waals surface area contributed by atoms with Gasteiger partial charge in [-0.2, -0.15) is 0 Å². The highest BCUT2D eigenvalue weighted by Crippen LogP contribution is 2.28. The zero-order chi connectivity index (χ0) is 13.5. The van der Waals surface area contributed by atoms with Crippen LogP contribution in [0.5, 0.6) is 11.5 Å². The minimum absolute atomic E-state index is 0.758. The lowest BCUT2D eigenvalue weighted by Gasteiger charge is -2.12. The Morgan fingerprint density at radius 1 is 1.21 bits per heavy atom. The van der Waals surface area contributed by atoms with Crippen molar-refractivity contribution in [1.82, 2.24) is 5.32 Å². The summed E-state index contributed by atoms with van der Waals surface area (Å²) in [6.45, 7) is 4.01. The van der Waals surface area contributed by atoms with Gasteiger partial charge in [-0.1, -0.05) is 13.0 Å². The lowest BCUT2D eigenvalue weighted by molar-refractivity contribution is 0.285. The molecule has 0 amide bonds. The molecular formula is C16H25NO2. The van der Waals surface area contributed by atoms with Gasteiger partial charge in [-0.25, -0.2) is 0 Å². The molecule has 2 rings (SSSR count). The minimum Gasteiger partial charge on any atom is -0.493 e. The molecule has 106 valence electrons. The summed E-state index contributed by atoms with van der Waals surface area (Å²) in [5.41, 5.74) is 1.28. The molecule has 0 heterocycles. The number of unbranched alkanes of at least 4 members (excludes halogenated alkanes) is 1. The van der Waals surface area contributed by atoms with E-state index in [-0.39, 0.29) is 0 Å². The van der Waals surface area contributed by atoms with E-state index in [1.807, 2.05) is 6.07 Å². The van der Waals surface area contributed by atoms with Gasteiger partial charge in [-0.05, 0) is 56.3 Å². The third-order valence-electron chi connectivity index (χ3n) is 3.48. The van der Waals surface area contributed by atoms with Crippen molar-refractivity contribution in [2.75, 3.05) is 20.3 Å². The van der Waals surface area contributed by atoms with Crippen LogP contribution in [0, 0.1) is 0 Å². The lowest BCUT2D eigenvalue weighted by atomic mass is 10.1. The second kappa shape index (κ2) is 7.39. The van der Waals surface area contributed by atoms with E-state index < -0.39 is 0 Å². The van der Waals surface area contributed by atoms with Gasteiger partial charge >= 0.3 is 0 Å². The first-order valence-electron chi connectivity index (χ1n) is 7.36. The van der Waals surface area contributed by atoms with Crippen LogP contribution in [0.2, 0.25) is 0 Å². The summed E-state index contributed by atoms with van der Waals surface area (Å²) >= 11 is 0. The van der Waals surface area contributed by atoms with Crippen molar-refractivity contribution in [3.63, 3.8) is 0 Å². The molecule has 0 unspecified atom stereocenters. The molecule has 1 aliphatic rings. The van der Waals surface area contributed by atoms with Gasteiger partial charge in [0.05, 0.1) is 13.7 Å². The first kappa shape index (κ1) is 14.2. The van der Waals surface area contributed by atoms with Crippen molar-refractivity contribution in [3.8, 4) is 11.5 Å². The Morgan fingerprint density at radius 2 is 2.05 bits per heavy atom. The molecule has 1 aliphatic carbocycles.